The Bertz CT molecular complexity index is 679. The molecule has 0 amide bonds. The molecule has 2 heterocycles. The fourth-order valence-corrected chi connectivity index (χ4v) is 2.25. The second-order valence-corrected chi connectivity index (χ2v) is 5.87. The van der Waals surface area contributed by atoms with Crippen LogP contribution in [0, 0.1) is 0 Å². The van der Waals surface area contributed by atoms with E-state index in [2.05, 4.69) is 20.5 Å². The highest BCUT2D eigenvalue weighted by Crippen LogP contribution is 2.39. The number of hydrogen-bond acceptors (Lipinski definition) is 5. The molecule has 0 bridgehead atoms. The molecule has 2 aromatic rings. The van der Waals surface area contributed by atoms with Gasteiger partial charge >= 0.3 is 0 Å². The van der Waals surface area contributed by atoms with Crippen LogP contribution < -0.4 is 5.32 Å². The topological polar surface area (TPSA) is 93.7 Å². The van der Waals surface area contributed by atoms with E-state index >= 15 is 0 Å². The van der Waals surface area contributed by atoms with E-state index in [1.807, 2.05) is 24.3 Å². The van der Waals surface area contributed by atoms with Crippen molar-refractivity contribution < 1.29 is 8.76 Å². The lowest BCUT2D eigenvalue weighted by atomic mass is 10.3. The lowest BCUT2D eigenvalue weighted by Gasteiger charge is -2.03. The van der Waals surface area contributed by atoms with Crippen LogP contribution in [0.1, 0.15) is 30.1 Å². The normalized spacial score (nSPS) is 16.2. The minimum absolute atomic E-state index is 0.0105. The molecule has 0 spiro atoms. The quantitative estimate of drug-likeness (QED) is 0.799. The Labute approximate surface area is 125 Å². The van der Waals surface area contributed by atoms with Gasteiger partial charge in [0.25, 0.3) is 0 Å². The van der Waals surface area contributed by atoms with Crippen molar-refractivity contribution in [1.82, 2.24) is 15.2 Å². The van der Waals surface area contributed by atoms with Crippen LogP contribution in [0.2, 0.25) is 0 Å². The highest BCUT2D eigenvalue weighted by Gasteiger charge is 2.25. The number of pyridine rings is 1. The monoisotopic (exact) mass is 303 g/mol. The molecule has 7 heteroatoms. The van der Waals surface area contributed by atoms with E-state index in [1.165, 1.54) is 12.8 Å². The summed E-state index contributed by atoms with van der Waals surface area (Å²) in [7, 11) is 0. The molecule has 21 heavy (non-hydrogen) atoms. The van der Waals surface area contributed by atoms with Crippen molar-refractivity contribution in [2.24, 2.45) is 0 Å². The van der Waals surface area contributed by atoms with Crippen molar-refractivity contribution in [1.29, 1.82) is 0 Å². The minimum Gasteiger partial charge on any atom is -0.772 e. The van der Waals surface area contributed by atoms with Gasteiger partial charge in [-0.2, -0.15) is 5.10 Å². The minimum atomic E-state index is -2.07. The molecule has 3 rings (SSSR count). The highest BCUT2D eigenvalue weighted by atomic mass is 32.2. The largest absolute Gasteiger partial charge is 0.772 e. The van der Waals surface area contributed by atoms with Crippen molar-refractivity contribution >= 4 is 28.8 Å². The van der Waals surface area contributed by atoms with Crippen molar-refractivity contribution in [2.45, 2.75) is 18.8 Å². The second-order valence-electron chi connectivity index (χ2n) is 4.93. The highest BCUT2D eigenvalue weighted by molar-refractivity contribution is 7.79. The predicted octanol–water partition coefficient (Wildman–Crippen LogP) is 2.32. The SMILES string of the molecule is O=S([O-])CC=Cc1cccc(Nc2cc(C3CC3)[nH]n2)n1. The molecule has 6 nitrogen and oxygen atoms in total. The smallest absolute Gasteiger partial charge is 0.153 e. The molecular formula is C14H15N4O2S-. The molecule has 1 aliphatic rings. The summed E-state index contributed by atoms with van der Waals surface area (Å²) in [6, 6.07) is 7.52. The number of H-pyrrole nitrogens is 1. The number of nitrogens with one attached hydrogen (secondary N) is 2. The number of aromatic nitrogens is 3. The first-order valence-corrected chi connectivity index (χ1v) is 7.97. The zero-order valence-corrected chi connectivity index (χ0v) is 12.1. The first-order chi connectivity index (χ1) is 10.2. The summed E-state index contributed by atoms with van der Waals surface area (Å²) in [5, 5.41) is 10.4. The number of nitrogens with zero attached hydrogens (tertiary/aromatic N) is 2. The maximum Gasteiger partial charge on any atom is 0.153 e. The number of hydrogen-bond donors (Lipinski definition) is 2. The third-order valence-electron chi connectivity index (χ3n) is 3.16. The molecule has 2 aromatic heterocycles. The molecule has 1 fully saturated rings. The summed E-state index contributed by atoms with van der Waals surface area (Å²) in [4.78, 5) is 4.38. The van der Waals surface area contributed by atoms with Gasteiger partial charge in [0.1, 0.15) is 5.82 Å². The van der Waals surface area contributed by atoms with Crippen molar-refractivity contribution in [2.75, 3.05) is 11.1 Å². The van der Waals surface area contributed by atoms with E-state index in [9.17, 15) is 8.76 Å². The molecule has 0 aliphatic heterocycles. The molecule has 0 saturated heterocycles. The van der Waals surface area contributed by atoms with Gasteiger partial charge in [0.15, 0.2) is 5.82 Å². The van der Waals surface area contributed by atoms with Crippen molar-refractivity contribution in [3.05, 3.63) is 41.7 Å². The van der Waals surface area contributed by atoms with Crippen LogP contribution in [-0.2, 0) is 11.1 Å². The van der Waals surface area contributed by atoms with Gasteiger partial charge in [0, 0.05) is 23.4 Å². The van der Waals surface area contributed by atoms with E-state index in [-0.39, 0.29) is 5.75 Å². The van der Waals surface area contributed by atoms with Gasteiger partial charge in [0.05, 0.1) is 5.69 Å². The van der Waals surface area contributed by atoms with E-state index in [0.29, 0.717) is 17.4 Å². The van der Waals surface area contributed by atoms with Crippen LogP contribution in [0.5, 0.6) is 0 Å². The lowest BCUT2D eigenvalue weighted by Crippen LogP contribution is -1.95. The Hall–Kier alpha value is -1.99. The first kappa shape index (κ1) is 14.0. The second kappa shape index (κ2) is 6.19. The maximum absolute atomic E-state index is 10.5. The van der Waals surface area contributed by atoms with Gasteiger partial charge in [-0.3, -0.25) is 9.31 Å². The van der Waals surface area contributed by atoms with Crippen LogP contribution in [0.25, 0.3) is 6.08 Å². The molecule has 2 N–H and O–H groups in total. The Balaban J connectivity index is 1.67. The number of anilines is 2. The number of aromatic amines is 1. The van der Waals surface area contributed by atoms with Gasteiger partial charge in [-0.05, 0) is 31.1 Å². The standard InChI is InChI=1S/C14H16N4O2S/c19-21(20)8-2-4-11-3-1-5-13(15-11)16-14-9-12(17-18-14)10-6-7-10/h1-5,9-10H,6-8H2,(H,19,20)(H2,15,16,17,18)/p-1. The van der Waals surface area contributed by atoms with Crippen LogP contribution in [0.4, 0.5) is 11.6 Å². The van der Waals surface area contributed by atoms with Crippen LogP contribution >= 0.6 is 0 Å². The average molecular weight is 303 g/mol. The van der Waals surface area contributed by atoms with E-state index in [1.54, 1.807) is 12.2 Å². The van der Waals surface area contributed by atoms with Gasteiger partial charge in [-0.1, -0.05) is 23.2 Å². The summed E-state index contributed by atoms with van der Waals surface area (Å²) in [5.74, 6) is 2.03. The predicted molar refractivity (Wildman–Crippen MR) is 80.9 cm³/mol. The van der Waals surface area contributed by atoms with Gasteiger partial charge in [-0.25, -0.2) is 4.98 Å². The van der Waals surface area contributed by atoms with Crippen molar-refractivity contribution in [3.8, 4) is 0 Å². The van der Waals surface area contributed by atoms with Gasteiger partial charge < -0.3 is 9.87 Å². The molecule has 1 unspecified atom stereocenters. The molecule has 1 saturated carbocycles. The number of rotatable bonds is 6. The van der Waals surface area contributed by atoms with Gasteiger partial charge in [-0.15, -0.1) is 0 Å². The Kier molecular flexibility index (Phi) is 4.12. The first-order valence-electron chi connectivity index (χ1n) is 6.72. The fourth-order valence-electron chi connectivity index (χ4n) is 2.00. The summed E-state index contributed by atoms with van der Waals surface area (Å²) in [6.07, 6.45) is 5.69. The van der Waals surface area contributed by atoms with Crippen LogP contribution in [-0.4, -0.2) is 29.7 Å². The molecule has 110 valence electrons. The molecular weight excluding hydrogens is 288 g/mol. The fraction of sp³-hybridized carbons (Fsp3) is 0.286. The maximum atomic E-state index is 10.5. The Morgan fingerprint density at radius 2 is 2.29 bits per heavy atom. The molecule has 1 atom stereocenters. The zero-order valence-electron chi connectivity index (χ0n) is 11.3. The van der Waals surface area contributed by atoms with E-state index in [0.717, 1.165) is 11.5 Å². The summed E-state index contributed by atoms with van der Waals surface area (Å²) >= 11 is -2.07. The summed E-state index contributed by atoms with van der Waals surface area (Å²) in [5.41, 5.74) is 1.86. The van der Waals surface area contributed by atoms with Crippen LogP contribution in [0.15, 0.2) is 30.3 Å². The molecule has 0 radical (unpaired) electrons. The lowest BCUT2D eigenvalue weighted by molar-refractivity contribution is 0.540. The Morgan fingerprint density at radius 1 is 1.43 bits per heavy atom. The summed E-state index contributed by atoms with van der Waals surface area (Å²) in [6.45, 7) is 0. The molecule has 1 aliphatic carbocycles. The third-order valence-corrected chi connectivity index (χ3v) is 3.63. The summed E-state index contributed by atoms with van der Waals surface area (Å²) < 4.78 is 20.9. The van der Waals surface area contributed by atoms with Crippen molar-refractivity contribution in [3.63, 3.8) is 0 Å². The third kappa shape index (κ3) is 3.99. The van der Waals surface area contributed by atoms with Crippen LogP contribution in [0.3, 0.4) is 0 Å². The molecule has 0 aromatic carbocycles. The van der Waals surface area contributed by atoms with E-state index in [4.69, 9.17) is 0 Å². The Morgan fingerprint density at radius 3 is 3.05 bits per heavy atom. The van der Waals surface area contributed by atoms with Gasteiger partial charge in [0.2, 0.25) is 0 Å². The average Bonchev–Trinajstić information content (AvgIpc) is 3.20. The zero-order chi connectivity index (χ0) is 14.7. The van der Waals surface area contributed by atoms with E-state index < -0.39 is 11.1 Å².